The number of alkyl halides is 2. The molecule has 0 aliphatic rings. The van der Waals surface area contributed by atoms with Gasteiger partial charge in [0.25, 0.3) is 6.43 Å². The smallest absolute Gasteiger partial charge is 0.298 e. The highest BCUT2D eigenvalue weighted by molar-refractivity contribution is 5.65. The Labute approximate surface area is 173 Å². The topological polar surface area (TPSA) is 73.9 Å². The van der Waals surface area contributed by atoms with Crippen LogP contribution in [0.1, 0.15) is 29.4 Å². The van der Waals surface area contributed by atoms with Gasteiger partial charge in [0, 0.05) is 48.6 Å². The van der Waals surface area contributed by atoms with E-state index in [1.807, 2.05) is 0 Å². The predicted molar refractivity (Wildman–Crippen MR) is 101 cm³/mol. The molecule has 0 aliphatic carbocycles. The van der Waals surface area contributed by atoms with E-state index in [1.165, 1.54) is 31.8 Å². The first-order valence-electron chi connectivity index (χ1n) is 8.97. The van der Waals surface area contributed by atoms with Crippen molar-refractivity contribution in [2.45, 2.75) is 12.5 Å². The van der Waals surface area contributed by atoms with Crippen molar-refractivity contribution in [2.24, 2.45) is 0 Å². The minimum Gasteiger partial charge on any atom is -0.372 e. The van der Waals surface area contributed by atoms with Crippen LogP contribution in [0.15, 0.2) is 59.6 Å². The molecule has 0 spiro atoms. The summed E-state index contributed by atoms with van der Waals surface area (Å²) in [6.07, 6.45) is 1.83. The van der Waals surface area contributed by atoms with E-state index in [-0.39, 0.29) is 28.2 Å². The lowest BCUT2D eigenvalue weighted by Crippen LogP contribution is -2.07. The molecule has 158 valence electrons. The molecule has 0 bridgehead atoms. The lowest BCUT2D eigenvalue weighted by molar-refractivity contribution is 0.0967. The van der Waals surface area contributed by atoms with Crippen molar-refractivity contribution >= 4 is 0 Å². The molecule has 0 radical (unpaired) electrons. The number of benzene rings is 1. The molecule has 0 saturated heterocycles. The Balaban J connectivity index is 1.77. The minimum atomic E-state index is -2.94. The molecule has 0 saturated carbocycles. The summed E-state index contributed by atoms with van der Waals surface area (Å²) in [5, 5.41) is 3.79. The number of aromatic nitrogens is 4. The van der Waals surface area contributed by atoms with Crippen molar-refractivity contribution in [1.82, 2.24) is 20.1 Å². The number of pyridine rings is 1. The van der Waals surface area contributed by atoms with Crippen molar-refractivity contribution in [3.8, 4) is 22.6 Å². The summed E-state index contributed by atoms with van der Waals surface area (Å²) in [6, 6.07) is 6.58. The van der Waals surface area contributed by atoms with E-state index in [9.17, 15) is 17.6 Å². The Morgan fingerprint density at radius 2 is 1.74 bits per heavy atom. The SMILES string of the molecule is COC(c1cccnc1)c1c(-c2cnc(-c3ccc(F)c(F)c3)nc2)noc1C(F)F. The summed E-state index contributed by atoms with van der Waals surface area (Å²) in [5.74, 6) is -2.55. The normalized spacial score (nSPS) is 12.3. The molecule has 1 unspecified atom stereocenters. The van der Waals surface area contributed by atoms with Crippen LogP contribution < -0.4 is 0 Å². The maximum Gasteiger partial charge on any atom is 0.298 e. The van der Waals surface area contributed by atoms with Crippen molar-refractivity contribution in [3.05, 3.63) is 83.6 Å². The molecule has 4 aromatic rings. The predicted octanol–water partition coefficient (Wildman–Crippen LogP) is 5.15. The highest BCUT2D eigenvalue weighted by Gasteiger charge is 2.31. The fraction of sp³-hybridized carbons (Fsp3) is 0.143. The average Bonchev–Trinajstić information content (AvgIpc) is 3.22. The highest BCUT2D eigenvalue weighted by Crippen LogP contribution is 2.39. The molecular weight excluding hydrogens is 416 g/mol. The standard InChI is InChI=1S/C21H14F4N4O2/c1-30-18(12-3-2-6-26-8-12)16-17(29-31-19(16)20(24)25)13-9-27-21(28-10-13)11-4-5-14(22)15(23)7-11/h2-10,18,20H,1H3. The molecule has 1 atom stereocenters. The first-order valence-corrected chi connectivity index (χ1v) is 8.97. The molecule has 3 aromatic heterocycles. The maximum atomic E-state index is 13.6. The van der Waals surface area contributed by atoms with E-state index in [4.69, 9.17) is 9.26 Å². The molecule has 3 heterocycles. The molecule has 0 N–H and O–H groups in total. The van der Waals surface area contributed by atoms with Crippen LogP contribution >= 0.6 is 0 Å². The van der Waals surface area contributed by atoms with Crippen molar-refractivity contribution in [2.75, 3.05) is 7.11 Å². The molecule has 6 nitrogen and oxygen atoms in total. The fourth-order valence-corrected chi connectivity index (χ4v) is 3.12. The second-order valence-corrected chi connectivity index (χ2v) is 6.44. The van der Waals surface area contributed by atoms with Crippen LogP contribution in [-0.4, -0.2) is 27.2 Å². The summed E-state index contributed by atoms with van der Waals surface area (Å²) in [4.78, 5) is 12.3. The summed E-state index contributed by atoms with van der Waals surface area (Å²) in [7, 11) is 1.37. The van der Waals surface area contributed by atoms with Gasteiger partial charge in [-0.3, -0.25) is 4.98 Å². The van der Waals surface area contributed by atoms with Crippen LogP contribution in [0.5, 0.6) is 0 Å². The Morgan fingerprint density at radius 3 is 2.35 bits per heavy atom. The lowest BCUT2D eigenvalue weighted by Gasteiger charge is -2.16. The van der Waals surface area contributed by atoms with Crippen molar-refractivity contribution in [3.63, 3.8) is 0 Å². The molecular formula is C21H14F4N4O2. The van der Waals surface area contributed by atoms with Gasteiger partial charge in [0.2, 0.25) is 5.76 Å². The van der Waals surface area contributed by atoms with Gasteiger partial charge >= 0.3 is 0 Å². The zero-order valence-electron chi connectivity index (χ0n) is 16.0. The number of hydrogen-bond donors (Lipinski definition) is 0. The minimum absolute atomic E-state index is 0.0228. The van der Waals surface area contributed by atoms with E-state index < -0.39 is 29.9 Å². The third-order valence-electron chi connectivity index (χ3n) is 4.54. The first-order chi connectivity index (χ1) is 15.0. The highest BCUT2D eigenvalue weighted by atomic mass is 19.3. The van der Waals surface area contributed by atoms with Gasteiger partial charge in [-0.2, -0.15) is 0 Å². The van der Waals surface area contributed by atoms with E-state index in [2.05, 4.69) is 20.1 Å². The van der Waals surface area contributed by atoms with E-state index >= 15 is 0 Å². The number of rotatable bonds is 6. The summed E-state index contributed by atoms with van der Waals surface area (Å²) in [5.41, 5.74) is 1.15. The fourth-order valence-electron chi connectivity index (χ4n) is 3.12. The molecule has 0 amide bonds. The van der Waals surface area contributed by atoms with Gasteiger partial charge in [0.1, 0.15) is 11.8 Å². The Kier molecular flexibility index (Phi) is 5.72. The molecule has 0 aliphatic heterocycles. The van der Waals surface area contributed by atoms with Gasteiger partial charge in [0.05, 0.1) is 5.56 Å². The van der Waals surface area contributed by atoms with Gasteiger partial charge in [0.15, 0.2) is 17.5 Å². The second kappa shape index (κ2) is 8.60. The number of ether oxygens (including phenoxy) is 1. The van der Waals surface area contributed by atoms with Gasteiger partial charge in [-0.1, -0.05) is 11.2 Å². The van der Waals surface area contributed by atoms with Gasteiger partial charge in [-0.25, -0.2) is 27.5 Å². The van der Waals surface area contributed by atoms with Crippen molar-refractivity contribution in [1.29, 1.82) is 0 Å². The largest absolute Gasteiger partial charge is 0.372 e. The van der Waals surface area contributed by atoms with Gasteiger partial charge in [-0.15, -0.1) is 0 Å². The van der Waals surface area contributed by atoms with E-state index in [0.29, 0.717) is 5.56 Å². The monoisotopic (exact) mass is 430 g/mol. The summed E-state index contributed by atoms with van der Waals surface area (Å²) >= 11 is 0. The Bertz CT molecular complexity index is 1180. The molecule has 1 aromatic carbocycles. The summed E-state index contributed by atoms with van der Waals surface area (Å²) in [6.45, 7) is 0. The number of halogens is 4. The van der Waals surface area contributed by atoms with Crippen LogP contribution in [0, 0.1) is 11.6 Å². The van der Waals surface area contributed by atoms with Crippen LogP contribution in [0.3, 0.4) is 0 Å². The number of hydrogen-bond acceptors (Lipinski definition) is 6. The quantitative estimate of drug-likeness (QED) is 0.394. The van der Waals surface area contributed by atoms with Crippen LogP contribution in [0.25, 0.3) is 22.6 Å². The Morgan fingerprint density at radius 1 is 0.968 bits per heavy atom. The van der Waals surface area contributed by atoms with Gasteiger partial charge in [-0.05, 0) is 24.3 Å². The van der Waals surface area contributed by atoms with E-state index in [0.717, 1.165) is 12.1 Å². The number of methoxy groups -OCH3 is 1. The number of nitrogens with zero attached hydrogens (tertiary/aromatic N) is 4. The third kappa shape index (κ3) is 4.02. The maximum absolute atomic E-state index is 13.6. The summed E-state index contributed by atoms with van der Waals surface area (Å²) < 4.78 is 64.3. The first kappa shape index (κ1) is 20.6. The van der Waals surface area contributed by atoms with E-state index in [1.54, 1.807) is 18.3 Å². The Hall–Kier alpha value is -3.66. The zero-order valence-corrected chi connectivity index (χ0v) is 16.0. The second-order valence-electron chi connectivity index (χ2n) is 6.44. The molecule has 0 fully saturated rings. The van der Waals surface area contributed by atoms with Crippen LogP contribution in [0.4, 0.5) is 17.6 Å². The third-order valence-corrected chi connectivity index (χ3v) is 4.54. The van der Waals surface area contributed by atoms with Gasteiger partial charge < -0.3 is 9.26 Å². The lowest BCUT2D eigenvalue weighted by atomic mass is 9.98. The molecule has 4 rings (SSSR count). The average molecular weight is 430 g/mol. The van der Waals surface area contributed by atoms with Crippen LogP contribution in [0.2, 0.25) is 0 Å². The van der Waals surface area contributed by atoms with Crippen LogP contribution in [-0.2, 0) is 4.74 Å². The zero-order chi connectivity index (χ0) is 22.0. The molecule has 31 heavy (non-hydrogen) atoms. The van der Waals surface area contributed by atoms with Crippen molar-refractivity contribution < 1.29 is 26.8 Å². The molecule has 10 heteroatoms.